The molecule has 0 amide bonds. The number of hydrogen-bond acceptors (Lipinski definition) is 3. The van der Waals surface area contributed by atoms with Gasteiger partial charge < -0.3 is 10.1 Å². The summed E-state index contributed by atoms with van der Waals surface area (Å²) in [5.41, 5.74) is 0. The number of rotatable bonds is 5. The molecule has 0 spiro atoms. The van der Waals surface area contributed by atoms with Gasteiger partial charge in [0.15, 0.2) is 0 Å². The van der Waals surface area contributed by atoms with Crippen LogP contribution in [0.4, 0.5) is 0 Å². The highest BCUT2D eigenvalue weighted by Gasteiger charge is 2.26. The minimum absolute atomic E-state index is 0.422. The highest BCUT2D eigenvalue weighted by molar-refractivity contribution is 7.19. The van der Waals surface area contributed by atoms with Crippen molar-refractivity contribution in [3.05, 3.63) is 35.2 Å². The van der Waals surface area contributed by atoms with Crippen molar-refractivity contribution in [2.45, 2.75) is 38.8 Å². The number of benzene rings is 1. The summed E-state index contributed by atoms with van der Waals surface area (Å²) in [7, 11) is 0. The van der Waals surface area contributed by atoms with Crippen LogP contribution < -0.4 is 5.32 Å². The second-order valence-electron chi connectivity index (χ2n) is 5.68. The lowest BCUT2D eigenvalue weighted by Gasteiger charge is -2.20. The minimum atomic E-state index is 0.422. The Balaban J connectivity index is 1.62. The highest BCUT2D eigenvalue weighted by atomic mass is 32.1. The molecule has 1 N–H and O–H groups in total. The normalized spacial score (nSPS) is 24.3. The molecule has 0 aliphatic carbocycles. The largest absolute Gasteiger partial charge is 0.378 e. The smallest absolute Gasteiger partial charge is 0.0613 e. The Labute approximate surface area is 125 Å². The molecule has 2 aromatic rings. The molecule has 20 heavy (non-hydrogen) atoms. The average Bonchev–Trinajstić information content (AvgIpc) is 3.10. The molecule has 1 aliphatic heterocycles. The van der Waals surface area contributed by atoms with Gasteiger partial charge in [-0.2, -0.15) is 0 Å². The van der Waals surface area contributed by atoms with E-state index in [9.17, 15) is 0 Å². The van der Waals surface area contributed by atoms with Crippen molar-refractivity contribution in [3.8, 4) is 0 Å². The summed E-state index contributed by atoms with van der Waals surface area (Å²) in [6.45, 7) is 6.48. The quantitative estimate of drug-likeness (QED) is 0.882. The maximum atomic E-state index is 5.76. The molecule has 1 aliphatic rings. The summed E-state index contributed by atoms with van der Waals surface area (Å²) in [6.07, 6.45) is 2.78. The van der Waals surface area contributed by atoms with Crippen LogP contribution in [0.25, 0.3) is 10.1 Å². The molecule has 0 radical (unpaired) electrons. The van der Waals surface area contributed by atoms with Crippen LogP contribution in [0, 0.1) is 5.92 Å². The lowest BCUT2D eigenvalue weighted by molar-refractivity contribution is 0.0867. The fourth-order valence-corrected chi connectivity index (χ4v) is 4.11. The fraction of sp³-hybridized carbons (Fsp3) is 0.529. The first-order valence-corrected chi connectivity index (χ1v) is 8.43. The van der Waals surface area contributed by atoms with E-state index in [2.05, 4.69) is 49.5 Å². The molecule has 0 saturated carbocycles. The molecule has 2 heterocycles. The molecule has 1 aromatic heterocycles. The van der Waals surface area contributed by atoms with Crippen molar-refractivity contribution in [1.29, 1.82) is 0 Å². The van der Waals surface area contributed by atoms with Gasteiger partial charge in [-0.15, -0.1) is 11.3 Å². The summed E-state index contributed by atoms with van der Waals surface area (Å²) in [5.74, 6) is 0.678. The Morgan fingerprint density at radius 3 is 3.05 bits per heavy atom. The maximum absolute atomic E-state index is 5.76. The van der Waals surface area contributed by atoms with Crippen molar-refractivity contribution in [3.63, 3.8) is 0 Å². The van der Waals surface area contributed by atoms with Crippen LogP contribution in [0.1, 0.15) is 37.6 Å². The van der Waals surface area contributed by atoms with Crippen molar-refractivity contribution < 1.29 is 4.74 Å². The van der Waals surface area contributed by atoms with E-state index in [0.29, 0.717) is 18.1 Å². The van der Waals surface area contributed by atoms with E-state index >= 15 is 0 Å². The van der Waals surface area contributed by atoms with Gasteiger partial charge in [0.1, 0.15) is 0 Å². The monoisotopic (exact) mass is 289 g/mol. The number of nitrogens with one attached hydrogen (secondary N) is 1. The first kappa shape index (κ1) is 14.1. The molecule has 108 valence electrons. The van der Waals surface area contributed by atoms with Crippen molar-refractivity contribution in [1.82, 2.24) is 5.32 Å². The molecule has 1 saturated heterocycles. The number of ether oxygens (including phenoxy) is 1. The molecule has 3 unspecified atom stereocenters. The highest BCUT2D eigenvalue weighted by Crippen LogP contribution is 2.30. The van der Waals surface area contributed by atoms with E-state index in [0.717, 1.165) is 19.6 Å². The van der Waals surface area contributed by atoms with E-state index in [1.54, 1.807) is 0 Å². The Morgan fingerprint density at radius 1 is 1.40 bits per heavy atom. The van der Waals surface area contributed by atoms with Gasteiger partial charge in [-0.25, -0.2) is 0 Å². The summed E-state index contributed by atoms with van der Waals surface area (Å²) < 4.78 is 7.14. The van der Waals surface area contributed by atoms with Gasteiger partial charge in [0.05, 0.1) is 6.10 Å². The Kier molecular flexibility index (Phi) is 4.39. The second kappa shape index (κ2) is 6.25. The van der Waals surface area contributed by atoms with Crippen LogP contribution in [-0.4, -0.2) is 19.3 Å². The first-order chi connectivity index (χ1) is 9.78. The van der Waals surface area contributed by atoms with E-state index < -0.39 is 0 Å². The van der Waals surface area contributed by atoms with Gasteiger partial charge in [-0.3, -0.25) is 0 Å². The van der Waals surface area contributed by atoms with Gasteiger partial charge >= 0.3 is 0 Å². The lowest BCUT2D eigenvalue weighted by Crippen LogP contribution is -2.29. The van der Waals surface area contributed by atoms with Gasteiger partial charge in [-0.05, 0) is 43.2 Å². The third-order valence-corrected chi connectivity index (χ3v) is 5.61. The molecular weight excluding hydrogens is 266 g/mol. The SMILES string of the molecule is CCC1OCCC1CNC(C)c1cc2ccccc2s1. The van der Waals surface area contributed by atoms with Crippen LogP contribution >= 0.6 is 11.3 Å². The zero-order chi connectivity index (χ0) is 13.9. The Bertz CT molecular complexity index is 532. The predicted octanol–water partition coefficient (Wildman–Crippen LogP) is 4.37. The number of fused-ring (bicyclic) bond motifs is 1. The molecule has 3 atom stereocenters. The molecule has 1 aromatic carbocycles. The van der Waals surface area contributed by atoms with Gasteiger partial charge in [-0.1, -0.05) is 25.1 Å². The first-order valence-electron chi connectivity index (χ1n) is 7.61. The van der Waals surface area contributed by atoms with E-state index in [4.69, 9.17) is 4.74 Å². The Hall–Kier alpha value is -0.900. The van der Waals surface area contributed by atoms with E-state index in [1.165, 1.54) is 21.4 Å². The van der Waals surface area contributed by atoms with Crippen molar-refractivity contribution >= 4 is 21.4 Å². The van der Waals surface area contributed by atoms with E-state index in [1.807, 2.05) is 11.3 Å². The molecular formula is C17H23NOS. The molecule has 3 rings (SSSR count). The third-order valence-electron chi connectivity index (χ3n) is 4.31. The lowest BCUT2D eigenvalue weighted by atomic mass is 9.99. The van der Waals surface area contributed by atoms with Crippen LogP contribution in [-0.2, 0) is 4.74 Å². The van der Waals surface area contributed by atoms with Crippen LogP contribution in [0.15, 0.2) is 30.3 Å². The fourth-order valence-electron chi connectivity index (χ4n) is 3.02. The summed E-state index contributed by atoms with van der Waals surface area (Å²) >= 11 is 1.90. The molecule has 1 fully saturated rings. The zero-order valence-electron chi connectivity index (χ0n) is 12.3. The van der Waals surface area contributed by atoms with Crippen molar-refractivity contribution in [2.24, 2.45) is 5.92 Å². The predicted molar refractivity (Wildman–Crippen MR) is 86.4 cm³/mol. The standard InChI is InChI=1S/C17H23NOS/c1-3-15-14(8-9-19-15)11-18-12(2)17-10-13-6-4-5-7-16(13)20-17/h4-7,10,12,14-15,18H,3,8-9,11H2,1-2H3. The summed E-state index contributed by atoms with van der Waals surface area (Å²) in [5, 5.41) is 5.05. The van der Waals surface area contributed by atoms with Gasteiger partial charge in [0, 0.05) is 28.8 Å². The maximum Gasteiger partial charge on any atom is 0.0613 e. The minimum Gasteiger partial charge on any atom is -0.378 e. The average molecular weight is 289 g/mol. The van der Waals surface area contributed by atoms with Crippen molar-refractivity contribution in [2.75, 3.05) is 13.2 Å². The zero-order valence-corrected chi connectivity index (χ0v) is 13.1. The van der Waals surface area contributed by atoms with Gasteiger partial charge in [0.25, 0.3) is 0 Å². The topological polar surface area (TPSA) is 21.3 Å². The Morgan fingerprint density at radius 2 is 2.25 bits per heavy atom. The van der Waals surface area contributed by atoms with Gasteiger partial charge in [0.2, 0.25) is 0 Å². The molecule has 3 heteroatoms. The number of thiophene rings is 1. The van der Waals surface area contributed by atoms with Crippen LogP contribution in [0.3, 0.4) is 0 Å². The molecule has 2 nitrogen and oxygen atoms in total. The third kappa shape index (κ3) is 2.90. The second-order valence-corrected chi connectivity index (χ2v) is 6.80. The number of hydrogen-bond donors (Lipinski definition) is 1. The van der Waals surface area contributed by atoms with Crippen LogP contribution in [0.5, 0.6) is 0 Å². The summed E-state index contributed by atoms with van der Waals surface area (Å²) in [4.78, 5) is 1.43. The van der Waals surface area contributed by atoms with E-state index in [-0.39, 0.29) is 0 Å². The molecule has 0 bridgehead atoms. The van der Waals surface area contributed by atoms with Crippen LogP contribution in [0.2, 0.25) is 0 Å². The summed E-state index contributed by atoms with van der Waals surface area (Å²) in [6, 6.07) is 11.4.